The fraction of sp³-hybridized carbons (Fsp3) is 0.667. The van der Waals surface area contributed by atoms with E-state index < -0.39 is 54.3 Å². The average molecular weight is 525 g/mol. The molecule has 0 amide bonds. The summed E-state index contributed by atoms with van der Waals surface area (Å²) >= 11 is 0. The van der Waals surface area contributed by atoms with E-state index in [1.807, 2.05) is 65.5 Å². The van der Waals surface area contributed by atoms with Crippen LogP contribution in [0.5, 0.6) is 0 Å². The lowest BCUT2D eigenvalue weighted by Crippen LogP contribution is -2.59. The van der Waals surface area contributed by atoms with Gasteiger partial charge in [-0.05, 0) is 65.5 Å². The van der Waals surface area contributed by atoms with Gasteiger partial charge >= 0.3 is 37.6 Å². The molecule has 8 nitrogen and oxygen atoms in total. The second kappa shape index (κ2) is 11.5. The highest BCUT2D eigenvalue weighted by atomic mass is 28.5. The Bertz CT molecular complexity index is 607. The Balaban J connectivity index is 5.04. The van der Waals surface area contributed by atoms with Gasteiger partial charge in [-0.2, -0.15) is 0 Å². The van der Waals surface area contributed by atoms with Gasteiger partial charge in [-0.15, -0.1) is 0 Å². The molecular weight excluding hydrogens is 485 g/mol. The molecule has 13 heteroatoms. The smallest absolute Gasteiger partial charge is 0.329 e. The van der Waals surface area contributed by atoms with Gasteiger partial charge in [-0.1, -0.05) is 13.2 Å². The van der Waals surface area contributed by atoms with Crippen LogP contribution in [-0.4, -0.2) is 66.7 Å². The van der Waals surface area contributed by atoms with Crippen molar-refractivity contribution in [1.29, 1.82) is 0 Å². The van der Waals surface area contributed by atoms with E-state index in [1.54, 1.807) is 0 Å². The van der Waals surface area contributed by atoms with Crippen LogP contribution in [0.1, 0.15) is 0 Å². The zero-order valence-corrected chi connectivity index (χ0v) is 25.7. The molecule has 0 aromatic rings. The Morgan fingerprint density at radius 1 is 0.581 bits per heavy atom. The maximum atomic E-state index is 11.4. The molecule has 0 rings (SSSR count). The summed E-state index contributed by atoms with van der Waals surface area (Å²) in [5.41, 5.74) is 0. The van der Waals surface area contributed by atoms with E-state index >= 15 is 0 Å². The second-order valence-corrected chi connectivity index (χ2v) is 29.0. The van der Waals surface area contributed by atoms with Gasteiger partial charge in [0.25, 0.3) is 0 Å². The van der Waals surface area contributed by atoms with Gasteiger partial charge in [-0.3, -0.25) is 0 Å². The highest BCUT2D eigenvalue weighted by Crippen LogP contribution is 2.26. The number of esters is 2. The molecule has 0 spiro atoms. The monoisotopic (exact) mass is 524 g/mol. The summed E-state index contributed by atoms with van der Waals surface area (Å²) in [7, 11) is -12.3. The largest absolute Gasteiger partial charge is 0.463 e. The van der Waals surface area contributed by atoms with Gasteiger partial charge in [0.15, 0.2) is 0 Å². The van der Waals surface area contributed by atoms with Crippen molar-refractivity contribution in [2.45, 2.75) is 65.5 Å². The first-order chi connectivity index (χ1) is 13.7. The van der Waals surface area contributed by atoms with E-state index in [0.29, 0.717) is 0 Å². The third-order valence-corrected chi connectivity index (χ3v) is 21.4. The highest BCUT2D eigenvalue weighted by Gasteiger charge is 2.46. The summed E-state index contributed by atoms with van der Waals surface area (Å²) in [6.07, 6.45) is 2.74. The van der Waals surface area contributed by atoms with Crippen LogP contribution in [0.15, 0.2) is 25.3 Å². The van der Waals surface area contributed by atoms with Crippen molar-refractivity contribution in [1.82, 2.24) is 0 Å². The van der Waals surface area contributed by atoms with Crippen LogP contribution in [0.25, 0.3) is 0 Å². The van der Waals surface area contributed by atoms with Crippen LogP contribution in [0, 0.1) is 0 Å². The third-order valence-electron chi connectivity index (χ3n) is 3.48. The summed E-state index contributed by atoms with van der Waals surface area (Å²) in [5.74, 6) is -0.920. The molecule has 0 aliphatic heterocycles. The molecule has 0 aliphatic carbocycles. The molecule has 0 aliphatic rings. The molecule has 180 valence electrons. The van der Waals surface area contributed by atoms with Crippen LogP contribution < -0.4 is 0 Å². The number of hydrogen-bond donors (Lipinski definition) is 0. The van der Waals surface area contributed by atoms with Gasteiger partial charge in [-0.25, -0.2) is 9.59 Å². The van der Waals surface area contributed by atoms with Crippen LogP contribution in [0.4, 0.5) is 0 Å². The highest BCUT2D eigenvalue weighted by molar-refractivity contribution is 6.90. The molecule has 0 fully saturated rings. The van der Waals surface area contributed by atoms with Crippen molar-refractivity contribution < 1.29 is 35.5 Å². The van der Waals surface area contributed by atoms with E-state index in [-0.39, 0.29) is 12.5 Å². The molecule has 0 unspecified atom stereocenters. The minimum absolute atomic E-state index is 0.229. The Kier molecular flexibility index (Phi) is 11.2. The molecule has 0 aromatic carbocycles. The Morgan fingerprint density at radius 3 is 1.10 bits per heavy atom. The minimum atomic E-state index is -2.61. The molecule has 0 radical (unpaired) electrons. The predicted molar refractivity (Wildman–Crippen MR) is 134 cm³/mol. The van der Waals surface area contributed by atoms with Crippen LogP contribution >= 0.6 is 0 Å². The first kappa shape index (κ1) is 30.3. The summed E-state index contributed by atoms with van der Waals surface area (Å²) < 4.78 is 36.0. The summed E-state index contributed by atoms with van der Waals surface area (Å²) in [6, 6.07) is 0. The van der Waals surface area contributed by atoms with Crippen LogP contribution in [0.3, 0.4) is 0 Å². The lowest BCUT2D eigenvalue weighted by atomic mass is 10.7. The first-order valence-electron chi connectivity index (χ1n) is 10.1. The molecule has 0 saturated carbocycles. The molecule has 31 heavy (non-hydrogen) atoms. The fourth-order valence-electron chi connectivity index (χ4n) is 3.24. The van der Waals surface area contributed by atoms with Crippen molar-refractivity contribution in [3.05, 3.63) is 25.3 Å². The van der Waals surface area contributed by atoms with Crippen molar-refractivity contribution in [2.75, 3.05) is 12.5 Å². The zero-order chi connectivity index (χ0) is 24.7. The van der Waals surface area contributed by atoms with Crippen LogP contribution in [0.2, 0.25) is 65.5 Å². The van der Waals surface area contributed by atoms with Gasteiger partial charge in [0, 0.05) is 12.2 Å². The van der Waals surface area contributed by atoms with Gasteiger partial charge in [0.1, 0.15) is 12.5 Å². The lowest BCUT2D eigenvalue weighted by Gasteiger charge is -2.42. The van der Waals surface area contributed by atoms with E-state index in [4.69, 9.17) is 25.9 Å². The van der Waals surface area contributed by atoms with Gasteiger partial charge in [0.05, 0.1) is 0 Å². The topological polar surface area (TPSA) is 89.5 Å². The Hall–Kier alpha value is -0.656. The molecule has 0 aromatic heterocycles. The van der Waals surface area contributed by atoms with Crippen molar-refractivity contribution in [2.24, 2.45) is 0 Å². The lowest BCUT2D eigenvalue weighted by molar-refractivity contribution is -0.137. The standard InChI is InChI=1S/C18H40O8Si5/c1-13-17(19)21-15-27(3,4)23-29(7,8)25-31(11,12)26-30(9,10)24-28(5,6)16-22-18(20)14-2/h13-14H,1-2,15-16H2,3-12H3. The summed E-state index contributed by atoms with van der Waals surface area (Å²) in [4.78, 5) is 22.8. The molecule has 0 N–H and O–H groups in total. The summed E-state index contributed by atoms with van der Waals surface area (Å²) in [6.45, 7) is 26.6. The Labute approximate surface area is 192 Å². The van der Waals surface area contributed by atoms with Crippen molar-refractivity contribution in [3.8, 4) is 0 Å². The fourth-order valence-corrected chi connectivity index (χ4v) is 26.4. The van der Waals surface area contributed by atoms with E-state index in [0.717, 1.165) is 12.2 Å². The third kappa shape index (κ3) is 14.2. The maximum Gasteiger partial charge on any atom is 0.329 e. The number of carbonyl (C=O) groups excluding carboxylic acids is 2. The molecule has 0 atom stereocenters. The Morgan fingerprint density at radius 2 is 0.839 bits per heavy atom. The quantitative estimate of drug-likeness (QED) is 0.191. The van der Waals surface area contributed by atoms with Crippen molar-refractivity contribution >= 4 is 54.3 Å². The normalized spacial score (nSPS) is 13.5. The number of carbonyl (C=O) groups is 2. The first-order valence-corrected chi connectivity index (χ1v) is 24.8. The molecular formula is C18H40O8Si5. The SMILES string of the molecule is C=CC(=O)OC[Si](C)(C)O[Si](C)(C)O[Si](C)(C)O[Si](C)(C)O[Si](C)(C)COC(=O)C=C. The van der Waals surface area contributed by atoms with Crippen LogP contribution in [-0.2, 0) is 35.5 Å². The van der Waals surface area contributed by atoms with Crippen molar-refractivity contribution in [3.63, 3.8) is 0 Å². The van der Waals surface area contributed by atoms with E-state index in [1.165, 1.54) is 0 Å². The second-order valence-electron chi connectivity index (χ2n) is 9.75. The predicted octanol–water partition coefficient (Wildman–Crippen LogP) is 4.11. The zero-order valence-electron chi connectivity index (χ0n) is 20.7. The van der Waals surface area contributed by atoms with E-state index in [2.05, 4.69) is 13.2 Å². The van der Waals surface area contributed by atoms with E-state index in [9.17, 15) is 9.59 Å². The average Bonchev–Trinajstić information content (AvgIpc) is 2.53. The number of hydrogen-bond acceptors (Lipinski definition) is 8. The minimum Gasteiger partial charge on any atom is -0.463 e. The molecule has 0 heterocycles. The van der Waals surface area contributed by atoms with Gasteiger partial charge < -0.3 is 25.9 Å². The number of rotatable bonds is 14. The molecule has 0 saturated heterocycles. The maximum absolute atomic E-state index is 11.4. The number of ether oxygens (including phenoxy) is 2. The summed E-state index contributed by atoms with van der Waals surface area (Å²) in [5, 5.41) is 0. The van der Waals surface area contributed by atoms with Gasteiger partial charge in [0.2, 0.25) is 16.6 Å². The molecule has 0 bridgehead atoms.